The minimum absolute atomic E-state index is 0.317. The molecule has 0 bridgehead atoms. The van der Waals surface area contributed by atoms with E-state index < -0.39 is 0 Å². The summed E-state index contributed by atoms with van der Waals surface area (Å²) in [5.41, 5.74) is 1.60. The molecule has 1 aliphatic rings. The lowest BCUT2D eigenvalue weighted by atomic mass is 9.83. The maximum atomic E-state index is 5.94. The molecule has 2 rings (SSSR count). The van der Waals surface area contributed by atoms with Gasteiger partial charge < -0.3 is 5.32 Å². The van der Waals surface area contributed by atoms with E-state index in [4.69, 9.17) is 11.6 Å². The predicted octanol–water partition coefficient (Wildman–Crippen LogP) is 4.91. The van der Waals surface area contributed by atoms with Crippen molar-refractivity contribution in [3.63, 3.8) is 0 Å². The average Bonchev–Trinajstić information content (AvgIpc) is 2.29. The summed E-state index contributed by atoms with van der Waals surface area (Å²) in [5.74, 6) is 0. The summed E-state index contributed by atoms with van der Waals surface area (Å²) in [4.78, 5) is 0. The van der Waals surface area contributed by atoms with Crippen molar-refractivity contribution in [1.82, 2.24) is 5.32 Å². The van der Waals surface area contributed by atoms with E-state index in [0.717, 1.165) is 16.0 Å². The fourth-order valence-electron chi connectivity index (χ4n) is 2.48. The van der Waals surface area contributed by atoms with Crippen LogP contribution in [0.5, 0.6) is 0 Å². The van der Waals surface area contributed by atoms with Crippen LogP contribution in [-0.4, -0.2) is 5.54 Å². The van der Waals surface area contributed by atoms with Crippen LogP contribution in [0.4, 0.5) is 0 Å². The van der Waals surface area contributed by atoms with Gasteiger partial charge in [-0.3, -0.25) is 0 Å². The minimum Gasteiger partial charge on any atom is -0.307 e. The molecule has 0 amide bonds. The first-order valence-corrected chi connectivity index (χ1v) is 7.45. The van der Waals surface area contributed by atoms with E-state index in [9.17, 15) is 0 Å². The summed E-state index contributed by atoms with van der Waals surface area (Å²) in [6.07, 6.45) is 6.68. The highest BCUT2D eigenvalue weighted by Gasteiger charge is 2.25. The molecule has 1 saturated carbocycles. The maximum Gasteiger partial charge on any atom is 0.0417 e. The van der Waals surface area contributed by atoms with Crippen LogP contribution in [0.25, 0.3) is 0 Å². The first kappa shape index (κ1) is 13.4. The van der Waals surface area contributed by atoms with Gasteiger partial charge in [-0.2, -0.15) is 0 Å². The topological polar surface area (TPSA) is 12.0 Å². The molecule has 1 N–H and O–H groups in total. The molecule has 94 valence electrons. The summed E-state index contributed by atoms with van der Waals surface area (Å²) in [6, 6.07) is 6.00. The molecule has 1 aromatic carbocycles. The van der Waals surface area contributed by atoms with Crippen molar-refractivity contribution in [3.8, 4) is 0 Å². The van der Waals surface area contributed by atoms with Gasteiger partial charge in [0.25, 0.3) is 0 Å². The molecule has 0 radical (unpaired) electrons. The molecule has 1 aliphatic carbocycles. The molecule has 1 aromatic rings. The number of halogens is 2. The number of nitrogens with one attached hydrogen (secondary N) is 1. The van der Waals surface area contributed by atoms with Crippen LogP contribution in [0.15, 0.2) is 22.7 Å². The largest absolute Gasteiger partial charge is 0.307 e. The van der Waals surface area contributed by atoms with E-state index in [0.29, 0.717) is 5.54 Å². The molecule has 17 heavy (non-hydrogen) atoms. The van der Waals surface area contributed by atoms with Crippen molar-refractivity contribution in [2.24, 2.45) is 0 Å². The van der Waals surface area contributed by atoms with Gasteiger partial charge in [-0.05, 0) is 37.5 Å². The Morgan fingerprint density at radius 2 is 2.00 bits per heavy atom. The van der Waals surface area contributed by atoms with Crippen LogP contribution in [-0.2, 0) is 6.54 Å². The highest BCUT2D eigenvalue weighted by atomic mass is 79.9. The minimum atomic E-state index is 0.317. The molecule has 3 heteroatoms. The quantitative estimate of drug-likeness (QED) is 0.835. The van der Waals surface area contributed by atoms with Crippen molar-refractivity contribution in [3.05, 3.63) is 33.3 Å². The molecule has 0 spiro atoms. The van der Waals surface area contributed by atoms with E-state index in [1.807, 2.05) is 12.1 Å². The maximum absolute atomic E-state index is 5.94. The number of benzene rings is 1. The number of rotatable bonds is 3. The normalized spacial score (nSPS) is 19.2. The van der Waals surface area contributed by atoms with Gasteiger partial charge >= 0.3 is 0 Å². The van der Waals surface area contributed by atoms with Gasteiger partial charge in [0.1, 0.15) is 0 Å². The number of hydrogen-bond acceptors (Lipinski definition) is 1. The molecule has 0 aliphatic heterocycles. The van der Waals surface area contributed by atoms with Gasteiger partial charge in [-0.25, -0.2) is 0 Å². The third-order valence-electron chi connectivity index (χ3n) is 3.68. The van der Waals surface area contributed by atoms with Gasteiger partial charge in [0, 0.05) is 21.6 Å². The molecular weight excluding hydrogens is 298 g/mol. The zero-order valence-corrected chi connectivity index (χ0v) is 12.6. The monoisotopic (exact) mass is 315 g/mol. The Morgan fingerprint density at radius 3 is 2.65 bits per heavy atom. The molecular formula is C14H19BrClN. The van der Waals surface area contributed by atoms with Crippen LogP contribution in [0, 0.1) is 0 Å². The van der Waals surface area contributed by atoms with Crippen LogP contribution >= 0.6 is 27.5 Å². The first-order valence-electron chi connectivity index (χ1n) is 6.28. The Balaban J connectivity index is 1.97. The van der Waals surface area contributed by atoms with Gasteiger partial charge in [0.05, 0.1) is 0 Å². The first-order chi connectivity index (χ1) is 8.09. The zero-order valence-electron chi connectivity index (χ0n) is 10.2. The van der Waals surface area contributed by atoms with Crippen LogP contribution in [0.3, 0.4) is 0 Å². The van der Waals surface area contributed by atoms with E-state index >= 15 is 0 Å². The standard InChI is InChI=1S/C14H19BrClN/c1-14(7-3-2-4-8-14)17-10-11-5-6-12(16)9-13(11)15/h5-6,9,17H,2-4,7-8,10H2,1H3. The van der Waals surface area contributed by atoms with Crippen molar-refractivity contribution in [2.45, 2.75) is 51.1 Å². The van der Waals surface area contributed by atoms with Crippen LogP contribution in [0.1, 0.15) is 44.6 Å². The van der Waals surface area contributed by atoms with Crippen molar-refractivity contribution < 1.29 is 0 Å². The number of hydrogen-bond donors (Lipinski definition) is 1. The average molecular weight is 317 g/mol. The molecule has 1 fully saturated rings. The molecule has 0 saturated heterocycles. The second kappa shape index (κ2) is 5.73. The van der Waals surface area contributed by atoms with Crippen molar-refractivity contribution >= 4 is 27.5 Å². The Labute approximate surface area is 117 Å². The van der Waals surface area contributed by atoms with Gasteiger partial charge in [-0.1, -0.05) is 52.9 Å². The van der Waals surface area contributed by atoms with Crippen LogP contribution < -0.4 is 5.32 Å². The molecule has 1 nitrogen and oxygen atoms in total. The summed E-state index contributed by atoms with van der Waals surface area (Å²) < 4.78 is 1.09. The van der Waals surface area contributed by atoms with Crippen LogP contribution in [0.2, 0.25) is 5.02 Å². The zero-order chi connectivity index (χ0) is 12.3. The van der Waals surface area contributed by atoms with E-state index in [-0.39, 0.29) is 0 Å². The Morgan fingerprint density at radius 1 is 1.29 bits per heavy atom. The summed E-state index contributed by atoms with van der Waals surface area (Å²) in [6.45, 7) is 3.25. The lowest BCUT2D eigenvalue weighted by molar-refractivity contribution is 0.252. The molecule has 0 unspecified atom stereocenters. The van der Waals surface area contributed by atoms with E-state index in [1.165, 1.54) is 37.7 Å². The molecule has 0 heterocycles. The third-order valence-corrected chi connectivity index (χ3v) is 4.65. The second-order valence-corrected chi connectivity index (χ2v) is 6.50. The smallest absolute Gasteiger partial charge is 0.0417 e. The lowest BCUT2D eigenvalue weighted by Crippen LogP contribution is -2.43. The highest BCUT2D eigenvalue weighted by molar-refractivity contribution is 9.10. The fraction of sp³-hybridized carbons (Fsp3) is 0.571. The Hall–Kier alpha value is -0.0500. The Kier molecular flexibility index (Phi) is 4.51. The Bertz CT molecular complexity index is 386. The van der Waals surface area contributed by atoms with E-state index in [1.54, 1.807) is 0 Å². The second-order valence-electron chi connectivity index (χ2n) is 5.21. The predicted molar refractivity (Wildman–Crippen MR) is 77.5 cm³/mol. The highest BCUT2D eigenvalue weighted by Crippen LogP contribution is 2.29. The summed E-state index contributed by atoms with van der Waals surface area (Å²) in [5, 5.41) is 4.48. The SMILES string of the molecule is CC1(NCc2ccc(Cl)cc2Br)CCCCC1. The van der Waals surface area contributed by atoms with Crippen molar-refractivity contribution in [2.75, 3.05) is 0 Å². The third kappa shape index (κ3) is 3.70. The summed E-state index contributed by atoms with van der Waals surface area (Å²) in [7, 11) is 0. The fourth-order valence-corrected chi connectivity index (χ4v) is 3.31. The summed E-state index contributed by atoms with van der Waals surface area (Å²) >= 11 is 9.51. The van der Waals surface area contributed by atoms with Gasteiger partial charge in [-0.15, -0.1) is 0 Å². The van der Waals surface area contributed by atoms with Crippen molar-refractivity contribution in [1.29, 1.82) is 0 Å². The molecule has 0 atom stereocenters. The van der Waals surface area contributed by atoms with Gasteiger partial charge in [0.15, 0.2) is 0 Å². The van der Waals surface area contributed by atoms with Gasteiger partial charge in [0.2, 0.25) is 0 Å². The lowest BCUT2D eigenvalue weighted by Gasteiger charge is -2.35. The molecule has 0 aromatic heterocycles. The van der Waals surface area contributed by atoms with E-state index in [2.05, 4.69) is 34.2 Å².